The first-order valence-electron chi connectivity index (χ1n) is 6.49. The molecule has 0 fully saturated rings. The molecule has 0 aliphatic heterocycles. The van der Waals surface area contributed by atoms with Crippen molar-refractivity contribution in [2.24, 2.45) is 5.92 Å². The van der Waals surface area contributed by atoms with Crippen molar-refractivity contribution in [3.8, 4) is 23.3 Å². The standard InChI is InChI=1S/C14H13N5O2/c1-8(2)5-20-14-11-9(4-16-13(11)17-6-18-14)12-10(3-15)19-7-21-12/h4,6-8H,5H2,1-2H3,(H,16,17,18). The van der Waals surface area contributed by atoms with Crippen LogP contribution in [0.5, 0.6) is 5.88 Å². The first kappa shape index (κ1) is 13.1. The number of nitrogens with zero attached hydrogens (tertiary/aromatic N) is 4. The maximum absolute atomic E-state index is 9.08. The maximum atomic E-state index is 9.08. The number of fused-ring (bicyclic) bond motifs is 1. The summed E-state index contributed by atoms with van der Waals surface area (Å²) in [5.74, 6) is 1.22. The van der Waals surface area contributed by atoms with Crippen LogP contribution in [0, 0.1) is 17.2 Å². The van der Waals surface area contributed by atoms with E-state index in [1.165, 1.54) is 12.7 Å². The Labute approximate surface area is 120 Å². The van der Waals surface area contributed by atoms with Crippen molar-refractivity contribution in [3.63, 3.8) is 0 Å². The summed E-state index contributed by atoms with van der Waals surface area (Å²) in [6.07, 6.45) is 4.39. The first-order chi connectivity index (χ1) is 10.2. The Morgan fingerprint density at radius 1 is 1.38 bits per heavy atom. The summed E-state index contributed by atoms with van der Waals surface area (Å²) in [6, 6.07) is 2.00. The normalized spacial score (nSPS) is 11.0. The third-order valence-corrected chi connectivity index (χ3v) is 2.91. The zero-order valence-corrected chi connectivity index (χ0v) is 11.6. The Morgan fingerprint density at radius 2 is 2.24 bits per heavy atom. The average molecular weight is 283 g/mol. The molecule has 0 aliphatic rings. The largest absolute Gasteiger partial charge is 0.477 e. The molecular weight excluding hydrogens is 270 g/mol. The second kappa shape index (κ2) is 5.25. The SMILES string of the molecule is CC(C)COc1ncnc2[nH]cc(-c3ocnc3C#N)c12. The summed E-state index contributed by atoms with van der Waals surface area (Å²) in [7, 11) is 0. The number of hydrogen-bond donors (Lipinski definition) is 1. The summed E-state index contributed by atoms with van der Waals surface area (Å²) < 4.78 is 11.1. The van der Waals surface area contributed by atoms with Gasteiger partial charge < -0.3 is 14.1 Å². The number of oxazole rings is 1. The number of ether oxygens (including phenoxy) is 1. The maximum Gasteiger partial charge on any atom is 0.226 e. The summed E-state index contributed by atoms with van der Waals surface area (Å²) in [5.41, 5.74) is 1.51. The molecule has 21 heavy (non-hydrogen) atoms. The van der Waals surface area contributed by atoms with Crippen LogP contribution in [-0.4, -0.2) is 26.5 Å². The highest BCUT2D eigenvalue weighted by Crippen LogP contribution is 2.34. The van der Waals surface area contributed by atoms with Gasteiger partial charge in [0, 0.05) is 6.20 Å². The third-order valence-electron chi connectivity index (χ3n) is 2.91. The van der Waals surface area contributed by atoms with Gasteiger partial charge in [0.15, 0.2) is 17.8 Å². The van der Waals surface area contributed by atoms with Gasteiger partial charge in [0.1, 0.15) is 18.0 Å². The third kappa shape index (κ3) is 2.31. The van der Waals surface area contributed by atoms with Crippen molar-refractivity contribution in [3.05, 3.63) is 24.6 Å². The van der Waals surface area contributed by atoms with Crippen LogP contribution in [-0.2, 0) is 0 Å². The van der Waals surface area contributed by atoms with E-state index >= 15 is 0 Å². The quantitative estimate of drug-likeness (QED) is 0.789. The van der Waals surface area contributed by atoms with Gasteiger partial charge in [-0.25, -0.2) is 15.0 Å². The minimum Gasteiger partial charge on any atom is -0.477 e. The molecule has 0 saturated carbocycles. The lowest BCUT2D eigenvalue weighted by Gasteiger charge is -2.08. The van der Waals surface area contributed by atoms with Crippen LogP contribution in [0.3, 0.4) is 0 Å². The molecule has 0 radical (unpaired) electrons. The summed E-state index contributed by atoms with van der Waals surface area (Å²) in [5, 5.41) is 9.76. The van der Waals surface area contributed by atoms with E-state index in [1.54, 1.807) is 6.20 Å². The van der Waals surface area contributed by atoms with Gasteiger partial charge in [-0.15, -0.1) is 0 Å². The second-order valence-electron chi connectivity index (χ2n) is 4.95. The molecule has 1 N–H and O–H groups in total. The van der Waals surface area contributed by atoms with Gasteiger partial charge in [-0.3, -0.25) is 0 Å². The molecular formula is C14H13N5O2. The number of hydrogen-bond acceptors (Lipinski definition) is 6. The van der Waals surface area contributed by atoms with E-state index in [9.17, 15) is 0 Å². The molecule has 7 nitrogen and oxygen atoms in total. The Balaban J connectivity index is 2.14. The molecule has 0 amide bonds. The van der Waals surface area contributed by atoms with Crippen molar-refractivity contribution in [2.45, 2.75) is 13.8 Å². The fourth-order valence-electron chi connectivity index (χ4n) is 1.99. The van der Waals surface area contributed by atoms with E-state index in [1.807, 2.05) is 6.07 Å². The number of aromatic amines is 1. The van der Waals surface area contributed by atoms with Gasteiger partial charge in [-0.1, -0.05) is 13.8 Å². The van der Waals surface area contributed by atoms with Crippen molar-refractivity contribution in [2.75, 3.05) is 6.61 Å². The molecule has 0 spiro atoms. The van der Waals surface area contributed by atoms with E-state index < -0.39 is 0 Å². The minimum absolute atomic E-state index is 0.217. The minimum atomic E-state index is 0.217. The molecule has 0 aromatic carbocycles. The molecule has 106 valence electrons. The highest BCUT2D eigenvalue weighted by atomic mass is 16.5. The highest BCUT2D eigenvalue weighted by molar-refractivity contribution is 5.96. The van der Waals surface area contributed by atoms with Crippen LogP contribution in [0.4, 0.5) is 0 Å². The molecule has 7 heteroatoms. The molecule has 3 aromatic heterocycles. The molecule has 3 aromatic rings. The van der Waals surface area contributed by atoms with Gasteiger partial charge in [-0.2, -0.15) is 5.26 Å². The summed E-state index contributed by atoms with van der Waals surface area (Å²) >= 11 is 0. The van der Waals surface area contributed by atoms with E-state index in [0.29, 0.717) is 40.8 Å². The lowest BCUT2D eigenvalue weighted by atomic mass is 10.1. The lowest BCUT2D eigenvalue weighted by Crippen LogP contribution is -2.06. The molecule has 0 unspecified atom stereocenters. The zero-order valence-electron chi connectivity index (χ0n) is 11.6. The molecule has 3 rings (SSSR count). The monoisotopic (exact) mass is 283 g/mol. The predicted octanol–water partition coefficient (Wildman–Crippen LogP) is 2.52. The van der Waals surface area contributed by atoms with Gasteiger partial charge in [0.25, 0.3) is 0 Å². The van der Waals surface area contributed by atoms with E-state index in [-0.39, 0.29) is 5.69 Å². The predicted molar refractivity (Wildman–Crippen MR) is 74.4 cm³/mol. The first-order valence-corrected chi connectivity index (χ1v) is 6.49. The fourth-order valence-corrected chi connectivity index (χ4v) is 1.99. The Kier molecular flexibility index (Phi) is 3.28. The number of rotatable bonds is 4. The lowest BCUT2D eigenvalue weighted by molar-refractivity contribution is 0.264. The summed E-state index contributed by atoms with van der Waals surface area (Å²) in [4.78, 5) is 15.2. The Morgan fingerprint density at radius 3 is 3.00 bits per heavy atom. The van der Waals surface area contributed by atoms with Gasteiger partial charge in [0.05, 0.1) is 17.6 Å². The van der Waals surface area contributed by atoms with Crippen molar-refractivity contribution < 1.29 is 9.15 Å². The van der Waals surface area contributed by atoms with Gasteiger partial charge in [-0.05, 0) is 5.92 Å². The molecule has 0 saturated heterocycles. The van der Waals surface area contributed by atoms with Crippen molar-refractivity contribution >= 4 is 11.0 Å². The van der Waals surface area contributed by atoms with E-state index in [0.717, 1.165) is 0 Å². The number of H-pyrrole nitrogens is 1. The molecule has 3 heterocycles. The highest BCUT2D eigenvalue weighted by Gasteiger charge is 2.19. The van der Waals surface area contributed by atoms with E-state index in [2.05, 4.69) is 33.8 Å². The average Bonchev–Trinajstić information content (AvgIpc) is 3.10. The Bertz CT molecular complexity index is 812. The van der Waals surface area contributed by atoms with Crippen LogP contribution in [0.25, 0.3) is 22.4 Å². The fraction of sp³-hybridized carbons (Fsp3) is 0.286. The number of aromatic nitrogens is 4. The van der Waals surface area contributed by atoms with Crippen LogP contribution >= 0.6 is 0 Å². The topological polar surface area (TPSA) is 101 Å². The zero-order chi connectivity index (χ0) is 14.8. The van der Waals surface area contributed by atoms with Crippen molar-refractivity contribution in [1.29, 1.82) is 5.26 Å². The molecule has 0 aliphatic carbocycles. The van der Waals surface area contributed by atoms with E-state index in [4.69, 9.17) is 14.4 Å². The second-order valence-corrected chi connectivity index (χ2v) is 4.95. The van der Waals surface area contributed by atoms with Crippen LogP contribution in [0.15, 0.2) is 23.3 Å². The molecule has 0 atom stereocenters. The van der Waals surface area contributed by atoms with Gasteiger partial charge in [0.2, 0.25) is 5.88 Å². The van der Waals surface area contributed by atoms with Crippen LogP contribution in [0.2, 0.25) is 0 Å². The molecule has 0 bridgehead atoms. The number of nitriles is 1. The van der Waals surface area contributed by atoms with Crippen LogP contribution in [0.1, 0.15) is 19.5 Å². The van der Waals surface area contributed by atoms with Crippen molar-refractivity contribution in [1.82, 2.24) is 19.9 Å². The summed E-state index contributed by atoms with van der Waals surface area (Å²) in [6.45, 7) is 4.65. The van der Waals surface area contributed by atoms with Gasteiger partial charge >= 0.3 is 0 Å². The Hall–Kier alpha value is -2.88. The van der Waals surface area contributed by atoms with Crippen LogP contribution < -0.4 is 4.74 Å². The number of nitrogens with one attached hydrogen (secondary N) is 1. The smallest absolute Gasteiger partial charge is 0.226 e.